The van der Waals surface area contributed by atoms with Gasteiger partial charge in [0.1, 0.15) is 17.9 Å². The highest BCUT2D eigenvalue weighted by Crippen LogP contribution is 2.39. The van der Waals surface area contributed by atoms with Crippen molar-refractivity contribution in [2.45, 2.75) is 88.2 Å². The second-order valence-electron chi connectivity index (χ2n) is 10.6. The third-order valence-corrected chi connectivity index (χ3v) is 7.60. The van der Waals surface area contributed by atoms with Gasteiger partial charge in [-0.15, -0.1) is 0 Å². The van der Waals surface area contributed by atoms with Crippen LogP contribution < -0.4 is 16.8 Å². The molecule has 0 aromatic rings. The largest absolute Gasteiger partial charge is 0.528 e. The zero-order chi connectivity index (χ0) is 26.8. The monoisotopic (exact) mass is 513 g/mol. The second-order valence-corrected chi connectivity index (χ2v) is 10.6. The number of ether oxygens (including phenoxy) is 1. The number of carbonyl (C=O) groups excluding carboxylic acids is 1. The Balaban J connectivity index is 1.56. The number of carboxylic acids is 3. The van der Waals surface area contributed by atoms with Gasteiger partial charge in [0.25, 0.3) is 5.97 Å². The third-order valence-electron chi connectivity index (χ3n) is 7.60. The fraction of sp³-hybridized carbons (Fsp3) is 0.818. The second kappa shape index (κ2) is 11.0. The van der Waals surface area contributed by atoms with Crippen molar-refractivity contribution < 1.29 is 48.5 Å². The summed E-state index contributed by atoms with van der Waals surface area (Å²) in [6.07, 6.45) is -0.0942. The van der Waals surface area contributed by atoms with Crippen molar-refractivity contribution in [2.24, 2.45) is 29.2 Å². The fourth-order valence-corrected chi connectivity index (χ4v) is 5.23. The fourth-order valence-electron chi connectivity index (χ4n) is 5.23. The predicted molar refractivity (Wildman–Crippen MR) is 124 cm³/mol. The van der Waals surface area contributed by atoms with E-state index in [0.717, 1.165) is 0 Å². The number of rotatable bonds is 12. The molecule has 1 saturated carbocycles. The average Bonchev–Trinajstić information content (AvgIpc) is 3.55. The Morgan fingerprint density at radius 2 is 1.89 bits per heavy atom. The van der Waals surface area contributed by atoms with Gasteiger partial charge in [-0.1, -0.05) is 20.3 Å². The number of hydrogen-bond acceptors (Lipinski definition) is 10. The Hall–Kier alpha value is -2.26. The third kappa shape index (κ3) is 6.35. The lowest BCUT2D eigenvalue weighted by Crippen LogP contribution is -2.60. The maximum absolute atomic E-state index is 12.1. The number of aliphatic carboxylic acids is 3. The van der Waals surface area contributed by atoms with Crippen molar-refractivity contribution in [3.63, 3.8) is 0 Å². The summed E-state index contributed by atoms with van der Waals surface area (Å²) < 4.78 is 16.1. The Kier molecular flexibility index (Phi) is 8.66. The van der Waals surface area contributed by atoms with Crippen LogP contribution in [-0.4, -0.2) is 82.4 Å². The summed E-state index contributed by atoms with van der Waals surface area (Å²) in [7, 11) is -1.24. The minimum absolute atomic E-state index is 0.0916. The standard InChI is InChI=1S/C22H36BN3O10/c1-11(2)16(24)17-18(34-17)26-10-13-4-3-12(7-22(13,25)20(32)33)5-6-23-35-15(29)9-21(36-23,19(30)31)8-14(27)28/h11-13,16-18,26H,3-10,24-25H2,1-2H3,(H,27,28)(H,30,31)(H,32,33)/t12-,13-,16-,17?,18?,21?,22+/m0/s1. The van der Waals surface area contributed by atoms with Crippen molar-refractivity contribution in [3.8, 4) is 0 Å². The molecule has 2 saturated heterocycles. The normalized spacial score (nSPS) is 35.2. The maximum Gasteiger partial charge on any atom is 0.528 e. The molecule has 2 heterocycles. The first-order valence-corrected chi connectivity index (χ1v) is 12.3. The minimum atomic E-state index is -2.20. The number of nitrogens with two attached hydrogens (primary N) is 2. The van der Waals surface area contributed by atoms with Gasteiger partial charge in [-0.05, 0) is 37.4 Å². The Bertz CT molecular complexity index is 871. The van der Waals surface area contributed by atoms with E-state index in [1.807, 2.05) is 13.8 Å². The molecule has 202 valence electrons. The van der Waals surface area contributed by atoms with Crippen LogP contribution in [0.2, 0.25) is 6.32 Å². The van der Waals surface area contributed by atoms with E-state index in [9.17, 15) is 29.4 Å². The van der Waals surface area contributed by atoms with E-state index in [-0.39, 0.29) is 48.9 Å². The van der Waals surface area contributed by atoms with Crippen LogP contribution in [0.15, 0.2) is 0 Å². The SMILES string of the molecule is CC(C)[C@H](N)C1OC1NC[C@@H]1CC[C@@H](CCB2OC(=O)CC(CC(=O)O)(C(=O)O)O2)C[C@]1(N)C(=O)O. The van der Waals surface area contributed by atoms with Gasteiger partial charge in [0, 0.05) is 18.5 Å². The molecule has 7 atom stereocenters. The van der Waals surface area contributed by atoms with Gasteiger partial charge in [0.2, 0.25) is 0 Å². The molecule has 8 N–H and O–H groups in total. The molecule has 0 amide bonds. The summed E-state index contributed by atoms with van der Waals surface area (Å²) in [6.45, 7) is 4.38. The lowest BCUT2D eigenvalue weighted by Gasteiger charge is -2.42. The molecule has 14 heteroatoms. The van der Waals surface area contributed by atoms with Gasteiger partial charge in [-0.3, -0.25) is 19.7 Å². The molecule has 3 aliphatic rings. The summed E-state index contributed by atoms with van der Waals surface area (Å²) in [4.78, 5) is 47.0. The molecule has 0 radical (unpaired) electrons. The molecule has 1 aliphatic carbocycles. The van der Waals surface area contributed by atoms with Gasteiger partial charge < -0.3 is 40.8 Å². The molecule has 3 rings (SSSR count). The van der Waals surface area contributed by atoms with Crippen LogP contribution in [0.3, 0.4) is 0 Å². The molecule has 36 heavy (non-hydrogen) atoms. The van der Waals surface area contributed by atoms with Gasteiger partial charge in [0.15, 0.2) is 5.60 Å². The van der Waals surface area contributed by atoms with E-state index < -0.39 is 55.0 Å². The quantitative estimate of drug-likeness (QED) is 0.145. The van der Waals surface area contributed by atoms with Crippen molar-refractivity contribution in [3.05, 3.63) is 0 Å². The molecule has 2 aliphatic heterocycles. The summed E-state index contributed by atoms with van der Waals surface area (Å²) >= 11 is 0. The zero-order valence-corrected chi connectivity index (χ0v) is 20.6. The van der Waals surface area contributed by atoms with E-state index >= 15 is 0 Å². The average molecular weight is 513 g/mol. The summed E-state index contributed by atoms with van der Waals surface area (Å²) in [5.74, 6) is -5.17. The molecule has 0 spiro atoms. The number of carboxylic acid groups (broad SMARTS) is 3. The maximum atomic E-state index is 12.1. The van der Waals surface area contributed by atoms with E-state index in [1.165, 1.54) is 0 Å². The molecule has 13 nitrogen and oxygen atoms in total. The first-order valence-electron chi connectivity index (χ1n) is 12.3. The van der Waals surface area contributed by atoms with E-state index in [1.54, 1.807) is 0 Å². The molecule has 3 unspecified atom stereocenters. The van der Waals surface area contributed by atoms with E-state index in [2.05, 4.69) is 5.32 Å². The molecule has 0 bridgehead atoms. The van der Waals surface area contributed by atoms with Crippen LogP contribution in [0.5, 0.6) is 0 Å². The van der Waals surface area contributed by atoms with Gasteiger partial charge in [-0.25, -0.2) is 4.79 Å². The van der Waals surface area contributed by atoms with Gasteiger partial charge in [0.05, 0.1) is 12.8 Å². The molecule has 0 aromatic carbocycles. The summed E-state index contributed by atoms with van der Waals surface area (Å²) in [6, 6.07) is -0.119. The number of carbonyl (C=O) groups is 4. The summed E-state index contributed by atoms with van der Waals surface area (Å²) in [5, 5.41) is 31.8. The zero-order valence-electron chi connectivity index (χ0n) is 20.6. The van der Waals surface area contributed by atoms with Gasteiger partial charge in [-0.2, -0.15) is 0 Å². The first-order chi connectivity index (χ1) is 16.8. The van der Waals surface area contributed by atoms with Crippen molar-refractivity contribution in [1.82, 2.24) is 5.32 Å². The smallest absolute Gasteiger partial charge is 0.509 e. The van der Waals surface area contributed by atoms with Crippen molar-refractivity contribution in [2.75, 3.05) is 6.54 Å². The Morgan fingerprint density at radius 1 is 1.19 bits per heavy atom. The van der Waals surface area contributed by atoms with E-state index in [4.69, 9.17) is 30.6 Å². The highest BCUT2D eigenvalue weighted by atomic mass is 16.6. The molecular formula is C22H36BN3O10. The van der Waals surface area contributed by atoms with Crippen LogP contribution in [0.25, 0.3) is 0 Å². The minimum Gasteiger partial charge on any atom is -0.509 e. The van der Waals surface area contributed by atoms with Crippen LogP contribution in [0.1, 0.15) is 52.4 Å². The van der Waals surface area contributed by atoms with Crippen molar-refractivity contribution >= 4 is 31.0 Å². The Morgan fingerprint density at radius 3 is 2.47 bits per heavy atom. The van der Waals surface area contributed by atoms with Crippen LogP contribution in [-0.2, 0) is 33.2 Å². The molecular weight excluding hydrogens is 477 g/mol. The lowest BCUT2D eigenvalue weighted by atomic mass is 9.65. The number of epoxide rings is 1. The highest BCUT2D eigenvalue weighted by molar-refractivity contribution is 6.48. The number of nitrogens with one attached hydrogen (secondary N) is 1. The van der Waals surface area contributed by atoms with E-state index in [0.29, 0.717) is 25.8 Å². The molecule has 0 aromatic heterocycles. The number of hydrogen-bond donors (Lipinski definition) is 6. The summed E-state index contributed by atoms with van der Waals surface area (Å²) in [5.41, 5.74) is 8.82. The van der Waals surface area contributed by atoms with Crippen LogP contribution in [0, 0.1) is 17.8 Å². The molecule has 3 fully saturated rings. The van der Waals surface area contributed by atoms with Crippen LogP contribution in [0.4, 0.5) is 0 Å². The Labute approximate surface area is 209 Å². The predicted octanol–water partition coefficient (Wildman–Crippen LogP) is -0.377. The highest BCUT2D eigenvalue weighted by Gasteiger charge is 2.53. The first kappa shape index (κ1) is 28.3. The topological polar surface area (TPSA) is 224 Å². The lowest BCUT2D eigenvalue weighted by molar-refractivity contribution is -0.174. The van der Waals surface area contributed by atoms with Crippen molar-refractivity contribution in [1.29, 1.82) is 0 Å². The van der Waals surface area contributed by atoms with Gasteiger partial charge >= 0.3 is 25.0 Å². The van der Waals surface area contributed by atoms with Crippen LogP contribution >= 0.6 is 0 Å².